The molecule has 0 atom stereocenters. The molecule has 0 fully saturated rings. The average Bonchev–Trinajstić information content (AvgIpc) is 2.89. The molecular weight excluding hydrogens is 438 g/mol. The van der Waals surface area contributed by atoms with Crippen molar-refractivity contribution in [3.63, 3.8) is 0 Å². The number of nitriles is 1. The van der Waals surface area contributed by atoms with E-state index in [4.69, 9.17) is 0 Å². The van der Waals surface area contributed by atoms with Crippen molar-refractivity contribution in [3.8, 4) is 11.8 Å². The van der Waals surface area contributed by atoms with E-state index in [1.165, 1.54) is 6.92 Å². The molecule has 0 aliphatic rings. The smallest absolute Gasteiger partial charge is 0.266 e. The maximum atomic E-state index is 13.0. The minimum Gasteiger partial charge on any atom is -0.266 e. The summed E-state index contributed by atoms with van der Waals surface area (Å²) in [5.41, 5.74) is 3.26. The Labute approximate surface area is 200 Å². The summed E-state index contributed by atoms with van der Waals surface area (Å²) in [7, 11) is 0. The molecule has 0 aliphatic carbocycles. The number of nitrogens with zero attached hydrogens (tertiary/aromatic N) is 4. The van der Waals surface area contributed by atoms with Crippen LogP contribution >= 0.6 is 0 Å². The number of amides is 1. The van der Waals surface area contributed by atoms with E-state index in [1.807, 2.05) is 54.6 Å². The van der Waals surface area contributed by atoms with Crippen LogP contribution in [0.4, 0.5) is 0 Å². The molecule has 0 bridgehead atoms. The third kappa shape index (κ3) is 3.94. The lowest BCUT2D eigenvalue weighted by Crippen LogP contribution is -2.31. The monoisotopic (exact) mass is 457 g/mol. The van der Waals surface area contributed by atoms with Gasteiger partial charge in [-0.05, 0) is 46.7 Å². The fourth-order valence-corrected chi connectivity index (χ4v) is 4.09. The number of benzene rings is 4. The van der Waals surface area contributed by atoms with Gasteiger partial charge in [0.2, 0.25) is 0 Å². The number of rotatable bonds is 4. The van der Waals surface area contributed by atoms with Crippen LogP contribution in [0.5, 0.6) is 0 Å². The van der Waals surface area contributed by atoms with E-state index in [0.717, 1.165) is 31.8 Å². The first kappa shape index (κ1) is 21.7. The number of aromatic nitrogens is 2. The number of fused-ring (bicyclic) bond motifs is 2. The van der Waals surface area contributed by atoms with Gasteiger partial charge in [-0.15, -0.1) is 0 Å². The predicted octanol–water partition coefficient (Wildman–Crippen LogP) is 4.48. The van der Waals surface area contributed by atoms with Gasteiger partial charge in [-0.3, -0.25) is 9.59 Å². The Morgan fingerprint density at radius 1 is 0.971 bits per heavy atom. The van der Waals surface area contributed by atoms with E-state index in [2.05, 4.69) is 21.7 Å². The second-order valence-electron chi connectivity index (χ2n) is 7.94. The summed E-state index contributed by atoms with van der Waals surface area (Å²) in [5.74, 6) is -0.621. The Kier molecular flexibility index (Phi) is 5.62. The fraction of sp³-hybridized carbons (Fsp3) is 0.0357. The van der Waals surface area contributed by atoms with E-state index in [0.29, 0.717) is 5.69 Å². The summed E-state index contributed by atoms with van der Waals surface area (Å²) in [6.45, 7) is 1.53. The molecule has 0 aliphatic heterocycles. The third-order valence-corrected chi connectivity index (χ3v) is 5.84. The Bertz CT molecular complexity index is 1680. The average molecular weight is 457 g/mol. The van der Waals surface area contributed by atoms with Crippen molar-refractivity contribution in [2.45, 2.75) is 6.92 Å². The minimum absolute atomic E-state index is 0.0510. The summed E-state index contributed by atoms with van der Waals surface area (Å²) in [4.78, 5) is 25.8. The van der Waals surface area contributed by atoms with Crippen molar-refractivity contribution >= 4 is 33.7 Å². The van der Waals surface area contributed by atoms with Gasteiger partial charge in [0.1, 0.15) is 11.6 Å². The van der Waals surface area contributed by atoms with Crippen molar-refractivity contribution in [3.05, 3.63) is 118 Å². The van der Waals surface area contributed by atoms with E-state index in [-0.39, 0.29) is 16.8 Å². The van der Waals surface area contributed by atoms with Gasteiger partial charge in [-0.1, -0.05) is 66.7 Å². The molecule has 1 amide bonds. The maximum Gasteiger partial charge on any atom is 0.292 e. The first-order valence-electron chi connectivity index (χ1n) is 10.9. The highest BCUT2D eigenvalue weighted by Gasteiger charge is 2.20. The number of nitrogens with one attached hydrogen (secondary N) is 1. The second-order valence-corrected chi connectivity index (χ2v) is 7.94. The van der Waals surface area contributed by atoms with E-state index < -0.39 is 11.5 Å². The predicted molar refractivity (Wildman–Crippen MR) is 136 cm³/mol. The van der Waals surface area contributed by atoms with Crippen LogP contribution in [-0.2, 0) is 0 Å². The lowest BCUT2D eigenvalue weighted by molar-refractivity contribution is 0.0947. The minimum atomic E-state index is -0.621. The Morgan fingerprint density at radius 2 is 1.57 bits per heavy atom. The first-order chi connectivity index (χ1) is 17.1. The van der Waals surface area contributed by atoms with Gasteiger partial charge < -0.3 is 0 Å². The summed E-state index contributed by atoms with van der Waals surface area (Å²) in [6, 6.07) is 28.6. The van der Waals surface area contributed by atoms with Crippen molar-refractivity contribution in [1.29, 1.82) is 5.26 Å². The summed E-state index contributed by atoms with van der Waals surface area (Å²) < 4.78 is 1.06. The molecule has 1 heterocycles. The number of carbonyl (C=O) groups is 1. The van der Waals surface area contributed by atoms with Crippen LogP contribution in [0, 0.1) is 18.3 Å². The highest BCUT2D eigenvalue weighted by atomic mass is 16.2. The van der Waals surface area contributed by atoms with Crippen LogP contribution < -0.4 is 11.0 Å². The topological polar surface area (TPSA) is 100 Å². The molecule has 168 valence electrons. The van der Waals surface area contributed by atoms with Gasteiger partial charge in [0, 0.05) is 11.1 Å². The van der Waals surface area contributed by atoms with Gasteiger partial charge in [-0.25, -0.2) is 5.43 Å². The molecule has 5 rings (SSSR count). The normalized spacial score (nSPS) is 11.1. The van der Waals surface area contributed by atoms with Crippen molar-refractivity contribution in [1.82, 2.24) is 15.2 Å². The SMILES string of the molecule is Cc1c(C(=O)N/N=C/c2c3ccccc3cc3ccccc23)nn(-c2ccccc2)c(=O)c1C#N. The van der Waals surface area contributed by atoms with Gasteiger partial charge in [0.15, 0.2) is 5.69 Å². The van der Waals surface area contributed by atoms with Crippen LogP contribution in [-0.4, -0.2) is 21.9 Å². The molecular formula is C28H19N5O2. The van der Waals surface area contributed by atoms with Crippen LogP contribution in [0.3, 0.4) is 0 Å². The molecule has 1 aromatic heterocycles. The molecule has 0 spiro atoms. The number of para-hydroxylation sites is 1. The van der Waals surface area contributed by atoms with Gasteiger partial charge in [-0.2, -0.15) is 20.1 Å². The zero-order valence-corrected chi connectivity index (χ0v) is 18.8. The fourth-order valence-electron chi connectivity index (χ4n) is 4.09. The van der Waals surface area contributed by atoms with E-state index >= 15 is 0 Å². The molecule has 1 N–H and O–H groups in total. The Morgan fingerprint density at radius 3 is 2.20 bits per heavy atom. The van der Waals surface area contributed by atoms with Crippen molar-refractivity contribution in [2.75, 3.05) is 0 Å². The van der Waals surface area contributed by atoms with Crippen LogP contribution in [0.15, 0.2) is 94.8 Å². The second kappa shape index (κ2) is 9.04. The molecule has 0 saturated heterocycles. The third-order valence-electron chi connectivity index (χ3n) is 5.84. The molecule has 7 heteroatoms. The Balaban J connectivity index is 1.54. The standard InChI is InChI=1S/C28H19N5O2/c1-18-24(16-29)28(35)33(21-11-3-2-4-12-21)32-26(18)27(34)31-30-17-25-22-13-7-5-9-19(22)15-20-10-6-8-14-23(20)25/h2-15,17H,1H3,(H,31,34)/b30-17+. The zero-order valence-electron chi connectivity index (χ0n) is 18.8. The van der Waals surface area contributed by atoms with Gasteiger partial charge in [0.05, 0.1) is 11.9 Å². The molecule has 0 unspecified atom stereocenters. The van der Waals surface area contributed by atoms with Crippen LogP contribution in [0.25, 0.3) is 27.2 Å². The maximum absolute atomic E-state index is 13.0. The summed E-state index contributed by atoms with van der Waals surface area (Å²) >= 11 is 0. The first-order valence-corrected chi connectivity index (χ1v) is 10.9. The quantitative estimate of drug-likeness (QED) is 0.244. The molecule has 35 heavy (non-hydrogen) atoms. The summed E-state index contributed by atoms with van der Waals surface area (Å²) in [5, 5.41) is 22.1. The van der Waals surface area contributed by atoms with Crippen LogP contribution in [0.2, 0.25) is 0 Å². The molecule has 0 radical (unpaired) electrons. The van der Waals surface area contributed by atoms with Crippen molar-refractivity contribution < 1.29 is 4.79 Å². The summed E-state index contributed by atoms with van der Waals surface area (Å²) in [6.07, 6.45) is 1.61. The van der Waals surface area contributed by atoms with E-state index in [9.17, 15) is 14.9 Å². The lowest BCUT2D eigenvalue weighted by atomic mass is 9.97. The van der Waals surface area contributed by atoms with Gasteiger partial charge >= 0.3 is 0 Å². The van der Waals surface area contributed by atoms with Gasteiger partial charge in [0.25, 0.3) is 11.5 Å². The number of hydrogen-bond acceptors (Lipinski definition) is 5. The highest BCUT2D eigenvalue weighted by Crippen LogP contribution is 2.27. The highest BCUT2D eigenvalue weighted by molar-refractivity contribution is 6.13. The zero-order chi connectivity index (χ0) is 24.4. The van der Waals surface area contributed by atoms with Crippen LogP contribution in [0.1, 0.15) is 27.2 Å². The number of hydrazone groups is 1. The number of hydrogen-bond donors (Lipinski definition) is 1. The number of carbonyl (C=O) groups excluding carboxylic acids is 1. The molecule has 0 saturated carbocycles. The lowest BCUT2D eigenvalue weighted by Gasteiger charge is -2.10. The molecule has 7 nitrogen and oxygen atoms in total. The van der Waals surface area contributed by atoms with Crippen molar-refractivity contribution in [2.24, 2.45) is 5.10 Å². The molecule has 4 aromatic carbocycles. The molecule has 5 aromatic rings. The Hall–Kier alpha value is -5.09. The largest absolute Gasteiger partial charge is 0.292 e. The van der Waals surface area contributed by atoms with E-state index in [1.54, 1.807) is 36.5 Å².